The topological polar surface area (TPSA) is 137 Å². The first-order chi connectivity index (χ1) is 21.6. The van der Waals surface area contributed by atoms with E-state index in [1.54, 1.807) is 50.2 Å². The highest BCUT2D eigenvalue weighted by Crippen LogP contribution is 2.36. The van der Waals surface area contributed by atoms with Crippen molar-refractivity contribution in [2.45, 2.75) is 26.5 Å². The summed E-state index contributed by atoms with van der Waals surface area (Å²) in [5, 5.41) is 9.54. The van der Waals surface area contributed by atoms with Crippen LogP contribution in [0.3, 0.4) is 0 Å². The number of nitrogens with zero attached hydrogens (tertiary/aromatic N) is 1. The van der Waals surface area contributed by atoms with Crippen LogP contribution in [0, 0.1) is 5.82 Å². The number of rotatable bonds is 12. The van der Waals surface area contributed by atoms with E-state index in [0.29, 0.717) is 22.4 Å². The molecule has 0 fully saturated rings. The maximum absolute atomic E-state index is 13.9. The molecule has 0 spiro atoms. The lowest BCUT2D eigenvalue weighted by Gasteiger charge is -2.28. The first-order valence-corrected chi connectivity index (χ1v) is 14.3. The summed E-state index contributed by atoms with van der Waals surface area (Å²) in [4.78, 5) is 37.1. The second kappa shape index (κ2) is 15.3. The Hall–Kier alpha value is -4.81. The van der Waals surface area contributed by atoms with Crippen LogP contribution in [-0.2, 0) is 20.9 Å². The fourth-order valence-electron chi connectivity index (χ4n) is 4.32. The molecule has 0 aliphatic carbocycles. The van der Waals surface area contributed by atoms with E-state index in [4.69, 9.17) is 42.1 Å². The highest BCUT2D eigenvalue weighted by Gasteiger charge is 2.32. The van der Waals surface area contributed by atoms with Crippen molar-refractivity contribution in [2.24, 2.45) is 5.10 Å². The largest absolute Gasteiger partial charge is 0.493 e. The number of hydrogen-bond donors (Lipinski definition) is 3. The van der Waals surface area contributed by atoms with Crippen molar-refractivity contribution < 1.29 is 37.7 Å². The number of amides is 3. The SMILES string of the molecule is CCOC(=O)C1=C(C)NC(=O)N[C@@H]1c1ccc(OCC(=O)N/N=C\c2cc(Cl)c(OCc3ccccc3F)c(Cl)c2)c(OC)c1. The molecule has 0 unspecified atom stereocenters. The summed E-state index contributed by atoms with van der Waals surface area (Å²) in [6.07, 6.45) is 1.33. The molecule has 0 radical (unpaired) electrons. The van der Waals surface area contributed by atoms with Crippen LogP contribution < -0.4 is 30.3 Å². The smallest absolute Gasteiger partial charge is 0.338 e. The summed E-state index contributed by atoms with van der Waals surface area (Å²) >= 11 is 12.6. The molecule has 45 heavy (non-hydrogen) atoms. The molecule has 0 bridgehead atoms. The van der Waals surface area contributed by atoms with E-state index in [2.05, 4.69) is 21.2 Å². The molecule has 11 nitrogen and oxygen atoms in total. The molecular formula is C31H29Cl2FN4O7. The van der Waals surface area contributed by atoms with E-state index < -0.39 is 36.4 Å². The van der Waals surface area contributed by atoms with Gasteiger partial charge in [0, 0.05) is 11.3 Å². The van der Waals surface area contributed by atoms with Gasteiger partial charge in [-0.1, -0.05) is 47.5 Å². The van der Waals surface area contributed by atoms with Gasteiger partial charge in [0.25, 0.3) is 5.91 Å². The van der Waals surface area contributed by atoms with Crippen LogP contribution in [0.1, 0.15) is 36.6 Å². The quantitative estimate of drug-likeness (QED) is 0.134. The molecule has 14 heteroatoms. The summed E-state index contributed by atoms with van der Waals surface area (Å²) in [6, 6.07) is 12.7. The zero-order chi connectivity index (χ0) is 32.5. The van der Waals surface area contributed by atoms with E-state index in [1.165, 1.54) is 31.5 Å². The van der Waals surface area contributed by atoms with Gasteiger partial charge in [0.15, 0.2) is 23.9 Å². The normalized spacial score (nSPS) is 14.4. The third-order valence-corrected chi connectivity index (χ3v) is 6.96. The van der Waals surface area contributed by atoms with Crippen molar-refractivity contribution in [3.8, 4) is 17.2 Å². The van der Waals surface area contributed by atoms with Gasteiger partial charge < -0.3 is 29.6 Å². The lowest BCUT2D eigenvalue weighted by Crippen LogP contribution is -2.45. The predicted octanol–water partition coefficient (Wildman–Crippen LogP) is 5.44. The number of hydrogen-bond acceptors (Lipinski definition) is 8. The minimum Gasteiger partial charge on any atom is -0.493 e. The lowest BCUT2D eigenvalue weighted by atomic mass is 9.95. The number of carbonyl (C=O) groups excluding carboxylic acids is 3. The highest BCUT2D eigenvalue weighted by atomic mass is 35.5. The number of allylic oxidation sites excluding steroid dienone is 1. The number of methoxy groups -OCH3 is 1. The Morgan fingerprint density at radius 2 is 1.80 bits per heavy atom. The van der Waals surface area contributed by atoms with Gasteiger partial charge in [0.1, 0.15) is 12.4 Å². The molecule has 4 rings (SSSR count). The molecular weight excluding hydrogens is 630 g/mol. The van der Waals surface area contributed by atoms with Crippen molar-refractivity contribution in [1.29, 1.82) is 0 Å². The van der Waals surface area contributed by atoms with Crippen LogP contribution in [0.2, 0.25) is 10.0 Å². The standard InChI is InChI=1S/C31H29Cl2FN4O7/c1-4-43-30(40)27-17(2)36-31(41)37-28(27)19-9-10-24(25(13-19)42-3)44-16-26(39)38-35-14-18-11-21(32)29(22(33)12-18)45-15-20-7-5-6-8-23(20)34/h5-14,28H,4,15-16H2,1-3H3,(H,38,39)(H2,36,37,41)/b35-14-/t28-/m1/s1. The molecule has 0 aromatic heterocycles. The molecule has 3 N–H and O–H groups in total. The number of esters is 1. The number of hydrazone groups is 1. The number of benzene rings is 3. The average molecular weight is 659 g/mol. The number of urea groups is 1. The molecule has 236 valence electrons. The van der Waals surface area contributed by atoms with Crippen molar-refractivity contribution in [2.75, 3.05) is 20.3 Å². The van der Waals surface area contributed by atoms with Gasteiger partial charge in [-0.2, -0.15) is 5.10 Å². The summed E-state index contributed by atoms with van der Waals surface area (Å²) in [7, 11) is 1.41. The summed E-state index contributed by atoms with van der Waals surface area (Å²) in [5.74, 6) is -0.872. The van der Waals surface area contributed by atoms with Crippen molar-refractivity contribution in [3.05, 3.63) is 98.4 Å². The lowest BCUT2D eigenvalue weighted by molar-refractivity contribution is -0.139. The molecule has 3 aromatic carbocycles. The van der Waals surface area contributed by atoms with Gasteiger partial charge in [0.2, 0.25) is 0 Å². The van der Waals surface area contributed by atoms with Crippen LogP contribution in [0.4, 0.5) is 9.18 Å². The number of ether oxygens (including phenoxy) is 4. The van der Waals surface area contributed by atoms with Gasteiger partial charge in [-0.15, -0.1) is 0 Å². The molecule has 3 aromatic rings. The van der Waals surface area contributed by atoms with Gasteiger partial charge in [-0.3, -0.25) is 4.79 Å². The highest BCUT2D eigenvalue weighted by molar-refractivity contribution is 6.37. The predicted molar refractivity (Wildman–Crippen MR) is 165 cm³/mol. The van der Waals surface area contributed by atoms with Gasteiger partial charge in [-0.05, 0) is 55.3 Å². The summed E-state index contributed by atoms with van der Waals surface area (Å²) in [5.41, 5.74) is 4.31. The minimum atomic E-state index is -0.798. The van der Waals surface area contributed by atoms with Gasteiger partial charge in [0.05, 0.1) is 41.6 Å². The molecule has 1 aliphatic heterocycles. The van der Waals surface area contributed by atoms with Crippen molar-refractivity contribution >= 4 is 47.3 Å². The second-order valence-corrected chi connectivity index (χ2v) is 10.3. The molecule has 0 saturated carbocycles. The Morgan fingerprint density at radius 1 is 1.07 bits per heavy atom. The van der Waals surface area contributed by atoms with Crippen LogP contribution in [0.25, 0.3) is 0 Å². The van der Waals surface area contributed by atoms with Crippen LogP contribution in [-0.4, -0.2) is 44.4 Å². The molecule has 1 atom stereocenters. The van der Waals surface area contributed by atoms with Crippen molar-refractivity contribution in [1.82, 2.24) is 16.1 Å². The number of nitrogens with one attached hydrogen (secondary N) is 3. The zero-order valence-corrected chi connectivity index (χ0v) is 25.9. The fourth-order valence-corrected chi connectivity index (χ4v) is 4.93. The van der Waals surface area contributed by atoms with E-state index in [-0.39, 0.29) is 46.1 Å². The third-order valence-electron chi connectivity index (χ3n) is 6.40. The Morgan fingerprint density at radius 3 is 2.49 bits per heavy atom. The average Bonchev–Trinajstić information content (AvgIpc) is 3.00. The van der Waals surface area contributed by atoms with E-state index in [0.717, 1.165) is 0 Å². The monoisotopic (exact) mass is 658 g/mol. The Bertz CT molecular complexity index is 1640. The molecule has 0 saturated heterocycles. The Kier molecular flexibility index (Phi) is 11.2. The molecule has 3 amide bonds. The Labute approximate surface area is 268 Å². The maximum Gasteiger partial charge on any atom is 0.338 e. The van der Waals surface area contributed by atoms with Crippen LogP contribution >= 0.6 is 23.2 Å². The minimum absolute atomic E-state index is 0.0664. The number of carbonyl (C=O) groups is 3. The first kappa shape index (κ1) is 33.1. The van der Waals surface area contributed by atoms with Gasteiger partial charge in [-0.25, -0.2) is 19.4 Å². The zero-order valence-electron chi connectivity index (χ0n) is 24.4. The van der Waals surface area contributed by atoms with Crippen LogP contribution in [0.15, 0.2) is 71.0 Å². The molecule has 1 heterocycles. The third kappa shape index (κ3) is 8.43. The van der Waals surface area contributed by atoms with Gasteiger partial charge >= 0.3 is 12.0 Å². The Balaban J connectivity index is 1.36. The fraction of sp³-hybridized carbons (Fsp3) is 0.226. The number of halogens is 3. The maximum atomic E-state index is 13.9. The second-order valence-electron chi connectivity index (χ2n) is 9.48. The summed E-state index contributed by atoms with van der Waals surface area (Å²) < 4.78 is 35.7. The van der Waals surface area contributed by atoms with E-state index >= 15 is 0 Å². The van der Waals surface area contributed by atoms with E-state index in [9.17, 15) is 18.8 Å². The van der Waals surface area contributed by atoms with Crippen molar-refractivity contribution in [3.63, 3.8) is 0 Å². The molecule has 1 aliphatic rings. The first-order valence-electron chi connectivity index (χ1n) is 13.5. The van der Waals surface area contributed by atoms with E-state index in [1.807, 2.05) is 0 Å². The summed E-state index contributed by atoms with van der Waals surface area (Å²) in [6.45, 7) is 2.99. The van der Waals surface area contributed by atoms with Crippen LogP contribution in [0.5, 0.6) is 17.2 Å².